The fourth-order valence-corrected chi connectivity index (χ4v) is 6.36. The molecule has 0 unspecified atom stereocenters. The zero-order chi connectivity index (χ0) is 27.6. The van der Waals surface area contributed by atoms with Crippen LogP contribution < -0.4 is 4.74 Å². The van der Waals surface area contributed by atoms with Gasteiger partial charge in [-0.25, -0.2) is 0 Å². The molecule has 0 spiro atoms. The Hall–Kier alpha value is -5.08. The van der Waals surface area contributed by atoms with Crippen molar-refractivity contribution in [2.24, 2.45) is 0 Å². The van der Waals surface area contributed by atoms with Crippen LogP contribution in [0.1, 0.15) is 25.0 Å². The molecule has 0 N–H and O–H groups in total. The zero-order valence-corrected chi connectivity index (χ0v) is 23.0. The van der Waals surface area contributed by atoms with Crippen LogP contribution in [0.3, 0.4) is 0 Å². The van der Waals surface area contributed by atoms with E-state index in [1.165, 1.54) is 16.7 Å². The quantitative estimate of drug-likeness (QED) is 0.228. The van der Waals surface area contributed by atoms with Crippen LogP contribution in [0.25, 0.3) is 55.3 Å². The lowest BCUT2D eigenvalue weighted by Crippen LogP contribution is -2.24. The standard InChI is InChI=1S/C39H28O2/c1-39(2)33-16-7-9-18-36(33)40-37-24-26(19-20-34(37)39)28-21-27(25-11-4-3-5-12-25)22-29(23-28)30-14-10-15-32-31-13-6-8-17-35(31)41-38(30)32/h3-24H,1-2H3. The van der Waals surface area contributed by atoms with Gasteiger partial charge < -0.3 is 9.15 Å². The van der Waals surface area contributed by atoms with Gasteiger partial charge in [0.1, 0.15) is 22.7 Å². The molecule has 1 aliphatic heterocycles. The number of rotatable bonds is 3. The Morgan fingerprint density at radius 3 is 2.02 bits per heavy atom. The summed E-state index contributed by atoms with van der Waals surface area (Å²) in [4.78, 5) is 0. The number of hydrogen-bond donors (Lipinski definition) is 0. The maximum atomic E-state index is 6.48. The van der Waals surface area contributed by atoms with E-state index in [0.717, 1.165) is 61.3 Å². The van der Waals surface area contributed by atoms with Crippen LogP contribution >= 0.6 is 0 Å². The fourth-order valence-electron chi connectivity index (χ4n) is 6.36. The molecule has 0 aliphatic carbocycles. The molecule has 1 aromatic heterocycles. The summed E-state index contributed by atoms with van der Waals surface area (Å²) in [7, 11) is 0. The third kappa shape index (κ3) is 3.79. The highest BCUT2D eigenvalue weighted by atomic mass is 16.5. The van der Waals surface area contributed by atoms with E-state index in [0.29, 0.717) is 0 Å². The normalized spacial score (nSPS) is 13.5. The summed E-state index contributed by atoms with van der Waals surface area (Å²) in [6.07, 6.45) is 0. The Balaban J connectivity index is 1.33. The van der Waals surface area contributed by atoms with Crippen molar-refractivity contribution in [1.29, 1.82) is 0 Å². The minimum atomic E-state index is -0.142. The first-order valence-electron chi connectivity index (χ1n) is 14.1. The van der Waals surface area contributed by atoms with Crippen molar-refractivity contribution in [1.82, 2.24) is 0 Å². The van der Waals surface area contributed by atoms with E-state index in [9.17, 15) is 0 Å². The van der Waals surface area contributed by atoms with Crippen LogP contribution in [0.15, 0.2) is 138 Å². The van der Waals surface area contributed by atoms with Gasteiger partial charge >= 0.3 is 0 Å². The van der Waals surface area contributed by atoms with Crippen molar-refractivity contribution in [3.63, 3.8) is 0 Å². The number of benzene rings is 6. The van der Waals surface area contributed by atoms with E-state index in [2.05, 4.69) is 129 Å². The molecular formula is C39H28O2. The van der Waals surface area contributed by atoms with Gasteiger partial charge in [0.2, 0.25) is 0 Å². The largest absolute Gasteiger partial charge is 0.457 e. The van der Waals surface area contributed by atoms with Gasteiger partial charge in [-0.3, -0.25) is 0 Å². The van der Waals surface area contributed by atoms with Gasteiger partial charge in [-0.15, -0.1) is 0 Å². The molecule has 1 aliphatic rings. The Morgan fingerprint density at radius 1 is 0.463 bits per heavy atom. The molecule has 0 fully saturated rings. The maximum absolute atomic E-state index is 6.48. The highest BCUT2D eigenvalue weighted by Gasteiger charge is 2.34. The van der Waals surface area contributed by atoms with Gasteiger partial charge in [0, 0.05) is 32.9 Å². The van der Waals surface area contributed by atoms with Crippen LogP contribution in [0.4, 0.5) is 0 Å². The smallest absolute Gasteiger partial charge is 0.143 e. The molecule has 0 atom stereocenters. The van der Waals surface area contributed by atoms with Crippen molar-refractivity contribution in [3.8, 4) is 44.9 Å². The molecule has 2 heteroatoms. The predicted molar refractivity (Wildman–Crippen MR) is 169 cm³/mol. The van der Waals surface area contributed by atoms with Crippen LogP contribution in [-0.4, -0.2) is 0 Å². The summed E-state index contributed by atoms with van der Waals surface area (Å²) < 4.78 is 12.9. The zero-order valence-electron chi connectivity index (χ0n) is 23.0. The second-order valence-electron chi connectivity index (χ2n) is 11.4. The lowest BCUT2D eigenvalue weighted by atomic mass is 9.75. The number of para-hydroxylation sites is 3. The fraction of sp³-hybridized carbons (Fsp3) is 0.0769. The molecule has 0 saturated heterocycles. The topological polar surface area (TPSA) is 22.4 Å². The maximum Gasteiger partial charge on any atom is 0.143 e. The van der Waals surface area contributed by atoms with E-state index < -0.39 is 0 Å². The molecule has 0 bridgehead atoms. The summed E-state index contributed by atoms with van der Waals surface area (Å²) in [5, 5.41) is 2.27. The molecule has 196 valence electrons. The number of furan rings is 1. The van der Waals surface area contributed by atoms with E-state index in [4.69, 9.17) is 9.15 Å². The van der Waals surface area contributed by atoms with E-state index in [1.807, 2.05) is 18.2 Å². The number of ether oxygens (including phenoxy) is 1. The van der Waals surface area contributed by atoms with Crippen molar-refractivity contribution in [2.75, 3.05) is 0 Å². The minimum Gasteiger partial charge on any atom is -0.457 e. The Kier molecular flexibility index (Phi) is 5.20. The molecule has 2 nitrogen and oxygen atoms in total. The summed E-state index contributed by atoms with van der Waals surface area (Å²) in [5.74, 6) is 1.84. The van der Waals surface area contributed by atoms with E-state index in [1.54, 1.807) is 0 Å². The molecule has 41 heavy (non-hydrogen) atoms. The molecule has 2 heterocycles. The van der Waals surface area contributed by atoms with E-state index in [-0.39, 0.29) is 5.41 Å². The second-order valence-corrected chi connectivity index (χ2v) is 11.4. The van der Waals surface area contributed by atoms with Crippen molar-refractivity contribution in [3.05, 3.63) is 145 Å². The third-order valence-electron chi connectivity index (χ3n) is 8.52. The first kappa shape index (κ1) is 23.8. The number of hydrogen-bond acceptors (Lipinski definition) is 2. The van der Waals surface area contributed by atoms with Crippen molar-refractivity contribution >= 4 is 21.9 Å². The van der Waals surface area contributed by atoms with Gasteiger partial charge in [0.25, 0.3) is 0 Å². The van der Waals surface area contributed by atoms with Crippen LogP contribution in [-0.2, 0) is 5.41 Å². The highest BCUT2D eigenvalue weighted by Crippen LogP contribution is 2.49. The monoisotopic (exact) mass is 528 g/mol. The first-order chi connectivity index (χ1) is 20.1. The van der Waals surface area contributed by atoms with Crippen LogP contribution in [0.5, 0.6) is 11.5 Å². The van der Waals surface area contributed by atoms with Crippen molar-refractivity contribution in [2.45, 2.75) is 19.3 Å². The lowest BCUT2D eigenvalue weighted by Gasteiger charge is -2.34. The summed E-state index contributed by atoms with van der Waals surface area (Å²) in [6.45, 7) is 4.55. The van der Waals surface area contributed by atoms with Crippen LogP contribution in [0, 0.1) is 0 Å². The molecular weight excluding hydrogens is 500 g/mol. The summed E-state index contributed by atoms with van der Waals surface area (Å²) in [6, 6.07) is 47.1. The van der Waals surface area contributed by atoms with Gasteiger partial charge in [-0.05, 0) is 64.2 Å². The third-order valence-corrected chi connectivity index (χ3v) is 8.52. The van der Waals surface area contributed by atoms with Gasteiger partial charge in [0.05, 0.1) is 0 Å². The van der Waals surface area contributed by atoms with Gasteiger partial charge in [0.15, 0.2) is 0 Å². The van der Waals surface area contributed by atoms with Crippen LogP contribution in [0.2, 0.25) is 0 Å². The highest BCUT2D eigenvalue weighted by molar-refractivity contribution is 6.09. The minimum absolute atomic E-state index is 0.142. The molecule has 0 amide bonds. The molecule has 0 radical (unpaired) electrons. The molecule has 6 aromatic carbocycles. The lowest BCUT2D eigenvalue weighted by molar-refractivity contribution is 0.418. The summed E-state index contributed by atoms with van der Waals surface area (Å²) in [5.41, 5.74) is 10.9. The second kappa shape index (κ2) is 8.97. The Bertz CT molecular complexity index is 2100. The first-order valence-corrected chi connectivity index (χ1v) is 14.1. The summed E-state index contributed by atoms with van der Waals surface area (Å²) >= 11 is 0. The van der Waals surface area contributed by atoms with Crippen molar-refractivity contribution < 1.29 is 9.15 Å². The average Bonchev–Trinajstić information content (AvgIpc) is 3.40. The Morgan fingerprint density at radius 2 is 1.15 bits per heavy atom. The molecule has 8 rings (SSSR count). The van der Waals surface area contributed by atoms with Gasteiger partial charge in [-0.2, -0.15) is 0 Å². The number of fused-ring (bicyclic) bond motifs is 5. The molecule has 0 saturated carbocycles. The molecule has 7 aromatic rings. The average molecular weight is 529 g/mol. The van der Waals surface area contributed by atoms with E-state index >= 15 is 0 Å². The Labute approximate surface area is 239 Å². The van der Waals surface area contributed by atoms with Gasteiger partial charge in [-0.1, -0.05) is 111 Å². The predicted octanol–water partition coefficient (Wildman–Crippen LogP) is 11.0. The SMILES string of the molecule is CC1(C)c2ccccc2Oc2cc(-c3cc(-c4ccccc4)cc(-c4cccc5c4oc4ccccc45)c3)ccc21.